The molecule has 0 saturated carbocycles. The van der Waals surface area contributed by atoms with E-state index in [1.807, 2.05) is 18.2 Å². The summed E-state index contributed by atoms with van der Waals surface area (Å²) in [5.41, 5.74) is 1.77. The highest BCUT2D eigenvalue weighted by Gasteiger charge is 2.07. The SMILES string of the molecule is O=[N+]([O-])c1cccc(CNc2cccc(Cl)c2Br)c1. The maximum Gasteiger partial charge on any atom is 0.269 e. The molecule has 2 rings (SSSR count). The van der Waals surface area contributed by atoms with Crippen molar-refractivity contribution in [2.45, 2.75) is 6.54 Å². The molecule has 0 aliphatic carbocycles. The second kappa shape index (κ2) is 6.04. The Balaban J connectivity index is 2.12. The zero-order valence-electron chi connectivity index (χ0n) is 9.77. The van der Waals surface area contributed by atoms with E-state index in [4.69, 9.17) is 11.6 Å². The Kier molecular flexibility index (Phi) is 4.39. The highest BCUT2D eigenvalue weighted by Crippen LogP contribution is 2.30. The van der Waals surface area contributed by atoms with Crippen LogP contribution < -0.4 is 5.32 Å². The third kappa shape index (κ3) is 3.45. The molecule has 0 aliphatic rings. The minimum Gasteiger partial charge on any atom is -0.380 e. The van der Waals surface area contributed by atoms with Crippen LogP contribution in [-0.4, -0.2) is 4.92 Å². The molecule has 0 radical (unpaired) electrons. The van der Waals surface area contributed by atoms with E-state index >= 15 is 0 Å². The largest absolute Gasteiger partial charge is 0.380 e. The first kappa shape index (κ1) is 13.8. The van der Waals surface area contributed by atoms with Gasteiger partial charge in [-0.25, -0.2) is 0 Å². The molecular weight excluding hydrogens is 332 g/mol. The van der Waals surface area contributed by atoms with E-state index in [0.29, 0.717) is 11.6 Å². The molecular formula is C13H10BrClN2O2. The van der Waals surface area contributed by atoms with Gasteiger partial charge in [-0.05, 0) is 33.6 Å². The molecule has 4 nitrogen and oxygen atoms in total. The molecule has 0 amide bonds. The second-order valence-corrected chi connectivity index (χ2v) is 5.08. The number of rotatable bonds is 4. The molecule has 0 heterocycles. The van der Waals surface area contributed by atoms with Crippen LogP contribution in [0.25, 0.3) is 0 Å². The van der Waals surface area contributed by atoms with Crippen LogP contribution >= 0.6 is 27.5 Å². The molecule has 6 heteroatoms. The van der Waals surface area contributed by atoms with Gasteiger partial charge in [-0.15, -0.1) is 0 Å². The molecule has 0 aromatic heterocycles. The smallest absolute Gasteiger partial charge is 0.269 e. The standard InChI is InChI=1S/C13H10BrClN2O2/c14-13-11(15)5-2-6-12(13)16-8-9-3-1-4-10(7-9)17(18)19/h1-7,16H,8H2. The summed E-state index contributed by atoms with van der Waals surface area (Å²) in [5.74, 6) is 0. The highest BCUT2D eigenvalue weighted by molar-refractivity contribution is 9.10. The Bertz CT molecular complexity index is 619. The lowest BCUT2D eigenvalue weighted by atomic mass is 10.2. The van der Waals surface area contributed by atoms with Crippen LogP contribution in [0.2, 0.25) is 5.02 Å². The molecule has 0 saturated heterocycles. The molecule has 0 aliphatic heterocycles. The number of nitrogens with one attached hydrogen (secondary N) is 1. The van der Waals surface area contributed by atoms with E-state index in [1.54, 1.807) is 18.2 Å². The lowest BCUT2D eigenvalue weighted by Gasteiger charge is -2.09. The summed E-state index contributed by atoms with van der Waals surface area (Å²) in [6, 6.07) is 12.0. The van der Waals surface area contributed by atoms with E-state index in [9.17, 15) is 10.1 Å². The van der Waals surface area contributed by atoms with Crippen molar-refractivity contribution >= 4 is 38.9 Å². The van der Waals surface area contributed by atoms with Crippen molar-refractivity contribution in [3.05, 3.63) is 67.6 Å². The van der Waals surface area contributed by atoms with Crippen LogP contribution in [0.15, 0.2) is 46.9 Å². The van der Waals surface area contributed by atoms with Crippen LogP contribution in [0.1, 0.15) is 5.56 Å². The maximum atomic E-state index is 10.7. The Morgan fingerprint density at radius 2 is 2.00 bits per heavy atom. The average Bonchev–Trinajstić information content (AvgIpc) is 2.41. The zero-order chi connectivity index (χ0) is 13.8. The lowest BCUT2D eigenvalue weighted by Crippen LogP contribution is -2.00. The van der Waals surface area contributed by atoms with Crippen molar-refractivity contribution < 1.29 is 4.92 Å². The van der Waals surface area contributed by atoms with Gasteiger partial charge in [0.05, 0.1) is 20.1 Å². The minimum absolute atomic E-state index is 0.0875. The molecule has 0 unspecified atom stereocenters. The molecule has 2 aromatic rings. The van der Waals surface area contributed by atoms with Crippen molar-refractivity contribution in [1.29, 1.82) is 0 Å². The number of hydrogen-bond acceptors (Lipinski definition) is 3. The van der Waals surface area contributed by atoms with Crippen LogP contribution in [0.5, 0.6) is 0 Å². The number of non-ortho nitro benzene ring substituents is 1. The highest BCUT2D eigenvalue weighted by atomic mass is 79.9. The molecule has 0 atom stereocenters. The van der Waals surface area contributed by atoms with E-state index in [2.05, 4.69) is 21.2 Å². The van der Waals surface area contributed by atoms with Crippen molar-refractivity contribution in [2.24, 2.45) is 0 Å². The normalized spacial score (nSPS) is 10.2. The number of halogens is 2. The van der Waals surface area contributed by atoms with Gasteiger partial charge < -0.3 is 5.32 Å². The van der Waals surface area contributed by atoms with Gasteiger partial charge in [0.15, 0.2) is 0 Å². The van der Waals surface area contributed by atoms with Gasteiger partial charge in [-0.2, -0.15) is 0 Å². The van der Waals surface area contributed by atoms with Gasteiger partial charge >= 0.3 is 0 Å². The number of hydrogen-bond donors (Lipinski definition) is 1. The summed E-state index contributed by atoms with van der Waals surface area (Å²) in [6.07, 6.45) is 0. The topological polar surface area (TPSA) is 55.2 Å². The van der Waals surface area contributed by atoms with Gasteiger partial charge in [-0.1, -0.05) is 29.8 Å². The Hall–Kier alpha value is -1.59. The molecule has 19 heavy (non-hydrogen) atoms. The molecule has 0 bridgehead atoms. The third-order valence-corrected chi connectivity index (χ3v) is 3.95. The number of benzene rings is 2. The van der Waals surface area contributed by atoms with Crippen LogP contribution in [0, 0.1) is 10.1 Å². The molecule has 2 aromatic carbocycles. The fourth-order valence-electron chi connectivity index (χ4n) is 1.62. The number of nitrogens with zero attached hydrogens (tertiary/aromatic N) is 1. The third-order valence-electron chi connectivity index (χ3n) is 2.56. The Morgan fingerprint density at radius 1 is 1.26 bits per heavy atom. The first-order valence-electron chi connectivity index (χ1n) is 5.49. The Morgan fingerprint density at radius 3 is 2.74 bits per heavy atom. The molecule has 98 valence electrons. The minimum atomic E-state index is -0.404. The van der Waals surface area contributed by atoms with E-state index in [1.165, 1.54) is 6.07 Å². The van der Waals surface area contributed by atoms with Gasteiger partial charge in [-0.3, -0.25) is 10.1 Å². The quantitative estimate of drug-likeness (QED) is 0.652. The molecule has 0 fully saturated rings. The number of anilines is 1. The van der Waals surface area contributed by atoms with Crippen LogP contribution in [0.4, 0.5) is 11.4 Å². The number of nitro benzene ring substituents is 1. The molecule has 1 N–H and O–H groups in total. The second-order valence-electron chi connectivity index (χ2n) is 3.88. The fraction of sp³-hybridized carbons (Fsp3) is 0.0769. The summed E-state index contributed by atoms with van der Waals surface area (Å²) >= 11 is 9.37. The maximum absolute atomic E-state index is 10.7. The van der Waals surface area contributed by atoms with Crippen LogP contribution in [-0.2, 0) is 6.54 Å². The lowest BCUT2D eigenvalue weighted by molar-refractivity contribution is -0.384. The predicted octanol–water partition coefficient (Wildman–Crippen LogP) is 4.62. The summed E-state index contributed by atoms with van der Waals surface area (Å²) in [7, 11) is 0. The van der Waals surface area contributed by atoms with E-state index < -0.39 is 4.92 Å². The predicted molar refractivity (Wildman–Crippen MR) is 79.6 cm³/mol. The number of nitro groups is 1. The van der Waals surface area contributed by atoms with Gasteiger partial charge in [0.1, 0.15) is 0 Å². The first-order valence-corrected chi connectivity index (χ1v) is 6.66. The zero-order valence-corrected chi connectivity index (χ0v) is 12.1. The first-order chi connectivity index (χ1) is 9.08. The van der Waals surface area contributed by atoms with Crippen molar-refractivity contribution in [2.75, 3.05) is 5.32 Å². The van der Waals surface area contributed by atoms with E-state index in [-0.39, 0.29) is 5.69 Å². The molecule has 0 spiro atoms. The summed E-state index contributed by atoms with van der Waals surface area (Å²) < 4.78 is 0.780. The summed E-state index contributed by atoms with van der Waals surface area (Å²) in [4.78, 5) is 10.3. The van der Waals surface area contributed by atoms with Crippen molar-refractivity contribution in [1.82, 2.24) is 0 Å². The Labute approximate surface area is 123 Å². The van der Waals surface area contributed by atoms with Crippen LogP contribution in [0.3, 0.4) is 0 Å². The summed E-state index contributed by atoms with van der Waals surface area (Å²) in [5, 5.41) is 14.5. The van der Waals surface area contributed by atoms with Gasteiger partial charge in [0.25, 0.3) is 5.69 Å². The van der Waals surface area contributed by atoms with Crippen molar-refractivity contribution in [3.63, 3.8) is 0 Å². The summed E-state index contributed by atoms with van der Waals surface area (Å²) in [6.45, 7) is 0.487. The monoisotopic (exact) mass is 340 g/mol. The average molecular weight is 342 g/mol. The van der Waals surface area contributed by atoms with Gasteiger partial charge in [0.2, 0.25) is 0 Å². The van der Waals surface area contributed by atoms with Crippen molar-refractivity contribution in [3.8, 4) is 0 Å². The fourth-order valence-corrected chi connectivity index (χ4v) is 2.20. The van der Waals surface area contributed by atoms with E-state index in [0.717, 1.165) is 15.7 Å². The van der Waals surface area contributed by atoms with Gasteiger partial charge in [0, 0.05) is 18.7 Å².